The second kappa shape index (κ2) is 8.52. The van der Waals surface area contributed by atoms with Crippen molar-refractivity contribution in [3.8, 4) is 11.5 Å². The van der Waals surface area contributed by atoms with Crippen molar-refractivity contribution in [2.45, 2.75) is 77.0 Å². The number of ether oxygens (including phenoxy) is 1. The monoisotopic (exact) mass is 483 g/mol. The first-order chi connectivity index (χ1) is 16.5. The van der Waals surface area contributed by atoms with Gasteiger partial charge < -0.3 is 19.7 Å². The third-order valence-electron chi connectivity index (χ3n) is 7.98. The third kappa shape index (κ3) is 3.83. The van der Waals surface area contributed by atoms with Crippen LogP contribution < -0.4 is 5.32 Å². The predicted molar refractivity (Wildman–Crippen MR) is 126 cm³/mol. The molecule has 0 aliphatic heterocycles. The number of allylic oxidation sites excluding steroid dienone is 1. The highest BCUT2D eigenvalue weighted by molar-refractivity contribution is 7.17. The quantitative estimate of drug-likeness (QED) is 0.492. The lowest BCUT2D eigenvalue weighted by molar-refractivity contribution is -0.114. The first-order valence-corrected chi connectivity index (χ1v) is 13.3. The number of anilines is 1. The molecule has 5 aliphatic carbocycles. The van der Waals surface area contributed by atoms with E-state index in [0.29, 0.717) is 29.1 Å². The molecule has 2 bridgehead atoms. The lowest BCUT2D eigenvalue weighted by Crippen LogP contribution is -2.34. The van der Waals surface area contributed by atoms with Gasteiger partial charge in [0.25, 0.3) is 11.8 Å². The van der Waals surface area contributed by atoms with Crippen LogP contribution in [0.2, 0.25) is 0 Å². The van der Waals surface area contributed by atoms with E-state index in [-0.39, 0.29) is 17.7 Å². The van der Waals surface area contributed by atoms with Crippen LogP contribution in [0.5, 0.6) is 0 Å². The Bertz CT molecular complexity index is 1170. The topological polar surface area (TPSA) is 115 Å². The number of nitrogens with one attached hydrogen (secondary N) is 1. The molecule has 2 aromatic rings. The zero-order valence-corrected chi connectivity index (χ0v) is 20.1. The Morgan fingerprint density at radius 1 is 1.12 bits per heavy atom. The van der Waals surface area contributed by atoms with Gasteiger partial charge in [0, 0.05) is 16.7 Å². The van der Waals surface area contributed by atoms with Gasteiger partial charge in [-0.25, -0.2) is 4.79 Å². The molecule has 2 aromatic heterocycles. The first-order valence-electron chi connectivity index (χ1n) is 12.5. The van der Waals surface area contributed by atoms with Crippen LogP contribution in [-0.4, -0.2) is 27.3 Å². The third-order valence-corrected chi connectivity index (χ3v) is 9.15. The molecule has 1 amide bonds. The van der Waals surface area contributed by atoms with E-state index in [1.165, 1.54) is 10.4 Å². The maximum atomic E-state index is 13.6. The molecule has 1 atom stereocenters. The summed E-state index contributed by atoms with van der Waals surface area (Å²) in [6, 6.07) is 0. The van der Waals surface area contributed by atoms with Gasteiger partial charge in [-0.3, -0.25) is 4.79 Å². The van der Waals surface area contributed by atoms with Crippen LogP contribution in [-0.2, 0) is 22.4 Å². The molecule has 180 valence electrons. The molecule has 8 nitrogen and oxygen atoms in total. The maximum absolute atomic E-state index is 13.6. The molecule has 1 unspecified atom stereocenters. The summed E-state index contributed by atoms with van der Waals surface area (Å²) in [5, 5.41) is 17.3. The van der Waals surface area contributed by atoms with Crippen molar-refractivity contribution in [3.05, 3.63) is 27.6 Å². The number of fused-ring (bicyclic) bond motifs is 3. The molecule has 0 aromatic carbocycles. The van der Waals surface area contributed by atoms with Crippen molar-refractivity contribution in [2.75, 3.05) is 5.32 Å². The van der Waals surface area contributed by atoms with Crippen LogP contribution in [0.3, 0.4) is 0 Å². The van der Waals surface area contributed by atoms with E-state index in [1.54, 1.807) is 11.3 Å². The number of hydrogen-bond acceptors (Lipinski definition) is 7. The molecule has 2 N–H and O–H groups in total. The number of hydrogen-bond donors (Lipinski definition) is 2. The Morgan fingerprint density at radius 3 is 2.56 bits per heavy atom. The van der Waals surface area contributed by atoms with Gasteiger partial charge >= 0.3 is 6.16 Å². The molecule has 7 rings (SSSR count). The molecule has 2 fully saturated rings. The van der Waals surface area contributed by atoms with E-state index in [1.807, 2.05) is 0 Å². The van der Waals surface area contributed by atoms with Crippen molar-refractivity contribution in [3.63, 3.8) is 0 Å². The Labute approximate surface area is 201 Å². The van der Waals surface area contributed by atoms with E-state index >= 15 is 0 Å². The minimum Gasteiger partial charge on any atom is -0.449 e. The Balaban J connectivity index is 1.37. The number of carbonyl (C=O) groups excluding carboxylic acids is 1. The fourth-order valence-corrected chi connectivity index (χ4v) is 7.28. The molecule has 2 heterocycles. The SMILES string of the molecule is CCC1CCc2c(sc(NC(=O)C3=C(OC(=O)O)C4CCC3CC4)c2-c2nc(C3CC3)no2)C1. The lowest BCUT2D eigenvalue weighted by atomic mass is 9.70. The van der Waals surface area contributed by atoms with E-state index in [2.05, 4.69) is 17.4 Å². The van der Waals surface area contributed by atoms with Gasteiger partial charge in [0.15, 0.2) is 5.82 Å². The van der Waals surface area contributed by atoms with Crippen LogP contribution in [0.15, 0.2) is 15.9 Å². The summed E-state index contributed by atoms with van der Waals surface area (Å²) in [5.74, 6) is 2.36. The average molecular weight is 484 g/mol. The van der Waals surface area contributed by atoms with Gasteiger partial charge in [-0.15, -0.1) is 11.3 Å². The largest absolute Gasteiger partial charge is 0.511 e. The van der Waals surface area contributed by atoms with Crippen LogP contribution in [0.25, 0.3) is 11.5 Å². The van der Waals surface area contributed by atoms with E-state index in [9.17, 15) is 14.7 Å². The van der Waals surface area contributed by atoms with Crippen molar-refractivity contribution in [2.24, 2.45) is 17.8 Å². The Hall–Kier alpha value is -2.68. The zero-order chi connectivity index (χ0) is 23.4. The van der Waals surface area contributed by atoms with Gasteiger partial charge in [-0.05, 0) is 75.2 Å². The number of thiophene rings is 1. The molecule has 0 saturated heterocycles. The fraction of sp³-hybridized carbons (Fsp3) is 0.600. The van der Waals surface area contributed by atoms with E-state index in [0.717, 1.165) is 80.6 Å². The summed E-state index contributed by atoms with van der Waals surface area (Å²) in [5.41, 5.74) is 2.56. The Morgan fingerprint density at radius 2 is 1.85 bits per heavy atom. The molecular weight excluding hydrogens is 454 g/mol. The van der Waals surface area contributed by atoms with Gasteiger partial charge in [0.05, 0.1) is 11.1 Å². The lowest BCUT2D eigenvalue weighted by Gasteiger charge is -2.37. The standard InChI is InChI=1S/C25H29N3O5S/c1-2-12-3-10-16-17(11-12)34-24(19(16)23-26-21(28-33-23)15-8-9-15)27-22(29)18-13-4-6-14(7-5-13)20(18)32-25(30)31/h12-15H,2-11H2,1H3,(H,27,29)(H,30,31). The zero-order valence-electron chi connectivity index (χ0n) is 19.3. The molecule has 0 spiro atoms. The number of amides is 1. The number of carbonyl (C=O) groups is 2. The highest BCUT2D eigenvalue weighted by Gasteiger charge is 2.41. The van der Waals surface area contributed by atoms with E-state index < -0.39 is 6.16 Å². The molecular formula is C25H29N3O5S. The van der Waals surface area contributed by atoms with Crippen molar-refractivity contribution in [1.29, 1.82) is 0 Å². The molecule has 0 radical (unpaired) electrons. The van der Waals surface area contributed by atoms with Crippen LogP contribution in [0.1, 0.15) is 80.5 Å². The number of carboxylic acid groups (broad SMARTS) is 1. The van der Waals surface area contributed by atoms with Crippen LogP contribution in [0.4, 0.5) is 9.80 Å². The summed E-state index contributed by atoms with van der Waals surface area (Å²) in [6.07, 6.45) is 8.49. The van der Waals surface area contributed by atoms with Crippen molar-refractivity contribution >= 4 is 28.4 Å². The highest BCUT2D eigenvalue weighted by Crippen LogP contribution is 2.49. The number of aromatic nitrogens is 2. The van der Waals surface area contributed by atoms with Gasteiger partial charge in [0.2, 0.25) is 0 Å². The predicted octanol–water partition coefficient (Wildman–Crippen LogP) is 5.90. The van der Waals surface area contributed by atoms with Crippen LogP contribution >= 0.6 is 11.3 Å². The van der Waals surface area contributed by atoms with Crippen LogP contribution in [0, 0.1) is 17.8 Å². The van der Waals surface area contributed by atoms with Crippen molar-refractivity contribution in [1.82, 2.24) is 10.1 Å². The minimum atomic E-state index is -1.36. The first kappa shape index (κ1) is 21.8. The second-order valence-electron chi connectivity index (χ2n) is 10.1. The molecule has 5 aliphatic rings. The smallest absolute Gasteiger partial charge is 0.449 e. The summed E-state index contributed by atoms with van der Waals surface area (Å²) in [7, 11) is 0. The summed E-state index contributed by atoms with van der Waals surface area (Å²) < 4.78 is 10.9. The minimum absolute atomic E-state index is 0.000199. The van der Waals surface area contributed by atoms with Gasteiger partial charge in [-0.1, -0.05) is 18.5 Å². The second-order valence-corrected chi connectivity index (χ2v) is 11.2. The fourth-order valence-electron chi connectivity index (χ4n) is 5.93. The van der Waals surface area contributed by atoms with Gasteiger partial charge in [-0.2, -0.15) is 4.98 Å². The molecule has 9 heteroatoms. The normalized spacial score (nSPS) is 25.9. The average Bonchev–Trinajstić information content (AvgIpc) is 3.46. The maximum Gasteiger partial charge on any atom is 0.511 e. The summed E-state index contributed by atoms with van der Waals surface area (Å²) in [4.78, 5) is 30.9. The number of nitrogens with zero attached hydrogens (tertiary/aromatic N) is 2. The van der Waals surface area contributed by atoms with E-state index in [4.69, 9.17) is 14.2 Å². The highest BCUT2D eigenvalue weighted by atomic mass is 32.1. The molecule has 2 saturated carbocycles. The van der Waals surface area contributed by atoms with Gasteiger partial charge in [0.1, 0.15) is 10.8 Å². The summed E-state index contributed by atoms with van der Waals surface area (Å²) >= 11 is 1.60. The summed E-state index contributed by atoms with van der Waals surface area (Å²) in [6.45, 7) is 2.22. The Kier molecular flexibility index (Phi) is 5.47. The molecule has 34 heavy (non-hydrogen) atoms. The number of rotatable bonds is 6. The van der Waals surface area contributed by atoms with Crippen molar-refractivity contribution < 1.29 is 24.0 Å².